The molecule has 0 radical (unpaired) electrons. The van der Waals surface area contributed by atoms with E-state index in [0.29, 0.717) is 25.7 Å². The molecule has 1 N–H and O–H groups in total. The van der Waals surface area contributed by atoms with Crippen molar-refractivity contribution in [2.24, 2.45) is 0 Å². The molecule has 1 rings (SSSR count). The zero-order valence-electron chi connectivity index (χ0n) is 10.4. The van der Waals surface area contributed by atoms with Crippen LogP contribution >= 0.6 is 0 Å². The minimum absolute atomic E-state index is 0.237. The third kappa shape index (κ3) is 4.80. The molecule has 1 fully saturated rings. The van der Waals surface area contributed by atoms with Gasteiger partial charge in [0, 0.05) is 25.7 Å². The van der Waals surface area contributed by atoms with Crippen LogP contribution in [0.5, 0.6) is 0 Å². The third-order valence-electron chi connectivity index (χ3n) is 2.88. The Labute approximate surface area is 99.5 Å². The SMILES string of the molecule is CCCCN(CC)S(=O)(=O)CCNC1CC1. The van der Waals surface area contributed by atoms with Crippen LogP contribution < -0.4 is 5.32 Å². The summed E-state index contributed by atoms with van der Waals surface area (Å²) >= 11 is 0. The van der Waals surface area contributed by atoms with Gasteiger partial charge in [0.2, 0.25) is 10.0 Å². The molecule has 0 amide bonds. The Morgan fingerprint density at radius 1 is 1.31 bits per heavy atom. The van der Waals surface area contributed by atoms with E-state index in [2.05, 4.69) is 12.2 Å². The highest BCUT2D eigenvalue weighted by molar-refractivity contribution is 7.89. The van der Waals surface area contributed by atoms with E-state index in [9.17, 15) is 8.42 Å². The van der Waals surface area contributed by atoms with Gasteiger partial charge in [-0.1, -0.05) is 20.3 Å². The van der Waals surface area contributed by atoms with Crippen molar-refractivity contribution in [3.8, 4) is 0 Å². The van der Waals surface area contributed by atoms with E-state index in [1.54, 1.807) is 4.31 Å². The molecule has 0 heterocycles. The van der Waals surface area contributed by atoms with E-state index in [1.165, 1.54) is 12.8 Å². The summed E-state index contributed by atoms with van der Waals surface area (Å²) in [6.45, 7) is 5.83. The first-order valence-corrected chi connectivity index (χ1v) is 7.92. The summed E-state index contributed by atoms with van der Waals surface area (Å²) in [7, 11) is -3.04. The second-order valence-electron chi connectivity index (χ2n) is 4.39. The lowest BCUT2D eigenvalue weighted by Gasteiger charge is -2.20. The largest absolute Gasteiger partial charge is 0.313 e. The molecule has 1 aliphatic rings. The summed E-state index contributed by atoms with van der Waals surface area (Å²) in [4.78, 5) is 0. The van der Waals surface area contributed by atoms with Gasteiger partial charge in [0.1, 0.15) is 0 Å². The summed E-state index contributed by atoms with van der Waals surface area (Å²) in [6, 6.07) is 0.584. The number of rotatable bonds is 9. The first kappa shape index (κ1) is 13.9. The number of unbranched alkanes of at least 4 members (excludes halogenated alkanes) is 1. The topological polar surface area (TPSA) is 49.4 Å². The average molecular weight is 248 g/mol. The molecule has 16 heavy (non-hydrogen) atoms. The van der Waals surface area contributed by atoms with Crippen molar-refractivity contribution >= 4 is 10.0 Å². The number of hydrogen-bond acceptors (Lipinski definition) is 3. The predicted molar refractivity (Wildman–Crippen MR) is 67.0 cm³/mol. The van der Waals surface area contributed by atoms with E-state index in [0.717, 1.165) is 12.8 Å². The molecule has 4 nitrogen and oxygen atoms in total. The van der Waals surface area contributed by atoms with Gasteiger partial charge < -0.3 is 5.32 Å². The summed E-state index contributed by atoms with van der Waals surface area (Å²) in [5.41, 5.74) is 0. The van der Waals surface area contributed by atoms with Crippen molar-refractivity contribution in [3.63, 3.8) is 0 Å². The smallest absolute Gasteiger partial charge is 0.215 e. The maximum Gasteiger partial charge on any atom is 0.215 e. The van der Waals surface area contributed by atoms with Crippen molar-refractivity contribution in [1.29, 1.82) is 0 Å². The highest BCUT2D eigenvalue weighted by atomic mass is 32.2. The molecular weight excluding hydrogens is 224 g/mol. The van der Waals surface area contributed by atoms with Crippen LogP contribution in [0.1, 0.15) is 39.5 Å². The van der Waals surface area contributed by atoms with Crippen molar-refractivity contribution in [3.05, 3.63) is 0 Å². The fourth-order valence-electron chi connectivity index (χ4n) is 1.64. The second kappa shape index (κ2) is 6.57. The van der Waals surface area contributed by atoms with E-state index in [-0.39, 0.29) is 5.75 Å². The molecule has 0 saturated heterocycles. The Kier molecular flexibility index (Phi) is 5.72. The second-order valence-corrected chi connectivity index (χ2v) is 6.48. The summed E-state index contributed by atoms with van der Waals surface area (Å²) < 4.78 is 25.5. The minimum Gasteiger partial charge on any atom is -0.313 e. The third-order valence-corrected chi connectivity index (χ3v) is 4.83. The number of hydrogen-bond donors (Lipinski definition) is 1. The van der Waals surface area contributed by atoms with Crippen molar-refractivity contribution < 1.29 is 8.42 Å². The van der Waals surface area contributed by atoms with Crippen LogP contribution in [-0.2, 0) is 10.0 Å². The first-order chi connectivity index (χ1) is 7.60. The Morgan fingerprint density at radius 3 is 2.50 bits per heavy atom. The molecule has 0 aromatic rings. The molecule has 0 aromatic carbocycles. The normalized spacial score (nSPS) is 16.9. The summed E-state index contributed by atoms with van der Waals surface area (Å²) in [5.74, 6) is 0.237. The lowest BCUT2D eigenvalue weighted by molar-refractivity contribution is 0.418. The van der Waals surface area contributed by atoms with Gasteiger partial charge in [0.25, 0.3) is 0 Å². The monoisotopic (exact) mass is 248 g/mol. The average Bonchev–Trinajstić information content (AvgIpc) is 3.02. The van der Waals surface area contributed by atoms with Crippen LogP contribution in [-0.4, -0.2) is 44.2 Å². The predicted octanol–water partition coefficient (Wildman–Crippen LogP) is 1.19. The number of nitrogens with one attached hydrogen (secondary N) is 1. The Balaban J connectivity index is 2.31. The molecule has 1 saturated carbocycles. The highest BCUT2D eigenvalue weighted by Crippen LogP contribution is 2.18. The van der Waals surface area contributed by atoms with Crippen molar-refractivity contribution in [2.75, 3.05) is 25.4 Å². The Morgan fingerprint density at radius 2 is 2.00 bits per heavy atom. The molecule has 1 aliphatic carbocycles. The number of nitrogens with zero attached hydrogens (tertiary/aromatic N) is 1. The van der Waals surface area contributed by atoms with Crippen LogP contribution in [0.25, 0.3) is 0 Å². The zero-order chi connectivity index (χ0) is 12.0. The molecule has 5 heteroatoms. The molecule has 0 bridgehead atoms. The van der Waals surface area contributed by atoms with Gasteiger partial charge in [-0.05, 0) is 19.3 Å². The maximum atomic E-state index is 12.0. The van der Waals surface area contributed by atoms with Gasteiger partial charge in [-0.3, -0.25) is 0 Å². The van der Waals surface area contributed by atoms with Gasteiger partial charge in [-0.25, -0.2) is 12.7 Å². The fourth-order valence-corrected chi connectivity index (χ4v) is 3.07. The summed E-state index contributed by atoms with van der Waals surface area (Å²) in [5, 5.41) is 3.24. The fraction of sp³-hybridized carbons (Fsp3) is 1.00. The van der Waals surface area contributed by atoms with Crippen LogP contribution in [0.3, 0.4) is 0 Å². The van der Waals surface area contributed by atoms with Crippen LogP contribution in [0.4, 0.5) is 0 Å². The van der Waals surface area contributed by atoms with Gasteiger partial charge in [-0.15, -0.1) is 0 Å². The van der Waals surface area contributed by atoms with Crippen molar-refractivity contribution in [2.45, 2.75) is 45.6 Å². The van der Waals surface area contributed by atoms with Crippen LogP contribution in [0.2, 0.25) is 0 Å². The molecular formula is C11H24N2O2S. The highest BCUT2D eigenvalue weighted by Gasteiger charge is 2.23. The molecule has 0 aromatic heterocycles. The molecule has 0 atom stereocenters. The minimum atomic E-state index is -3.04. The quantitative estimate of drug-likeness (QED) is 0.667. The maximum absolute atomic E-state index is 12.0. The molecule has 0 unspecified atom stereocenters. The lowest BCUT2D eigenvalue weighted by Crippen LogP contribution is -2.37. The van der Waals surface area contributed by atoms with Crippen molar-refractivity contribution in [1.82, 2.24) is 9.62 Å². The van der Waals surface area contributed by atoms with E-state index in [4.69, 9.17) is 0 Å². The van der Waals surface area contributed by atoms with Gasteiger partial charge >= 0.3 is 0 Å². The van der Waals surface area contributed by atoms with E-state index in [1.807, 2.05) is 6.92 Å². The molecule has 0 spiro atoms. The van der Waals surface area contributed by atoms with Gasteiger partial charge in [-0.2, -0.15) is 0 Å². The standard InChI is InChI=1S/C11H24N2O2S/c1-3-5-9-13(4-2)16(14,15)10-8-12-11-6-7-11/h11-12H,3-10H2,1-2H3. The lowest BCUT2D eigenvalue weighted by atomic mass is 10.3. The number of sulfonamides is 1. The Hall–Kier alpha value is -0.130. The van der Waals surface area contributed by atoms with Gasteiger partial charge in [0.15, 0.2) is 0 Å². The molecule has 96 valence electrons. The van der Waals surface area contributed by atoms with Gasteiger partial charge in [0.05, 0.1) is 5.75 Å². The Bertz CT molecular complexity index is 286. The van der Waals surface area contributed by atoms with E-state index >= 15 is 0 Å². The molecule has 0 aliphatic heterocycles. The first-order valence-electron chi connectivity index (χ1n) is 6.31. The zero-order valence-corrected chi connectivity index (χ0v) is 11.2. The summed E-state index contributed by atoms with van der Waals surface area (Å²) in [6.07, 6.45) is 4.39. The van der Waals surface area contributed by atoms with Crippen LogP contribution in [0.15, 0.2) is 0 Å². The van der Waals surface area contributed by atoms with E-state index < -0.39 is 10.0 Å². The van der Waals surface area contributed by atoms with Crippen LogP contribution in [0, 0.1) is 0 Å².